The van der Waals surface area contributed by atoms with Crippen LogP contribution >= 0.6 is 11.6 Å². The second-order valence-corrected chi connectivity index (χ2v) is 12.0. The summed E-state index contributed by atoms with van der Waals surface area (Å²) in [5.41, 5.74) is 1.04. The highest BCUT2D eigenvalue weighted by molar-refractivity contribution is 7.91. The Morgan fingerprint density at radius 2 is 1.58 bits per heavy atom. The summed E-state index contributed by atoms with van der Waals surface area (Å²) in [6, 6.07) is 10.4. The molecule has 0 spiro atoms. The molecule has 2 aromatic carbocycles. The molecule has 0 unspecified atom stereocenters. The molecule has 1 fully saturated rings. The van der Waals surface area contributed by atoms with E-state index in [0.29, 0.717) is 29.4 Å². The summed E-state index contributed by atoms with van der Waals surface area (Å²) in [5.74, 6) is -0.876. The van der Waals surface area contributed by atoms with Crippen LogP contribution in [0.1, 0.15) is 31.2 Å². The lowest BCUT2D eigenvalue weighted by Gasteiger charge is -2.26. The number of hydrogen-bond donors (Lipinski definition) is 1. The summed E-state index contributed by atoms with van der Waals surface area (Å²) in [4.78, 5) is 12.6. The van der Waals surface area contributed by atoms with Gasteiger partial charge in [-0.15, -0.1) is 0 Å². The average Bonchev–Trinajstić information content (AvgIpc) is 2.75. The number of amides is 1. The van der Waals surface area contributed by atoms with E-state index in [1.807, 2.05) is 0 Å². The minimum absolute atomic E-state index is 0.0931. The molecule has 3 rings (SSSR count). The van der Waals surface area contributed by atoms with Crippen molar-refractivity contribution in [1.29, 1.82) is 0 Å². The normalized spacial score (nSPS) is 15.5. The molecule has 1 saturated heterocycles. The molecular weight excluding hydrogens is 460 g/mol. The molecule has 168 valence electrons. The second kappa shape index (κ2) is 9.68. The van der Waals surface area contributed by atoms with Crippen LogP contribution in [0.15, 0.2) is 52.3 Å². The SMILES string of the molecule is Cc1ccc(S(=O)(=O)N2CCCCC2)cc1NC(=O)CCS(=O)(=O)c1ccc(Cl)cc1. The first-order valence-corrected chi connectivity index (χ1v) is 13.5. The molecule has 0 aromatic heterocycles. The van der Waals surface area contributed by atoms with Gasteiger partial charge in [0.2, 0.25) is 15.9 Å². The Hall–Kier alpha value is -1.94. The van der Waals surface area contributed by atoms with Crippen LogP contribution in [0, 0.1) is 6.92 Å². The van der Waals surface area contributed by atoms with E-state index in [2.05, 4.69) is 5.32 Å². The Balaban J connectivity index is 1.70. The van der Waals surface area contributed by atoms with Gasteiger partial charge in [0.05, 0.1) is 15.5 Å². The van der Waals surface area contributed by atoms with Crippen LogP contribution in [-0.4, -0.2) is 45.9 Å². The number of anilines is 1. The van der Waals surface area contributed by atoms with E-state index >= 15 is 0 Å². The van der Waals surface area contributed by atoms with Crippen molar-refractivity contribution >= 4 is 43.1 Å². The average molecular weight is 485 g/mol. The minimum atomic E-state index is -3.64. The first-order valence-electron chi connectivity index (χ1n) is 9.98. The molecular formula is C21H25ClN2O5S2. The number of benzene rings is 2. The number of halogens is 1. The number of sulfone groups is 1. The second-order valence-electron chi connectivity index (χ2n) is 7.51. The summed E-state index contributed by atoms with van der Waals surface area (Å²) in [5, 5.41) is 3.07. The maximum absolute atomic E-state index is 12.9. The quantitative estimate of drug-likeness (QED) is 0.646. The number of rotatable bonds is 7. The highest BCUT2D eigenvalue weighted by Crippen LogP contribution is 2.25. The third-order valence-corrected chi connectivity index (χ3v) is 9.09. The molecule has 0 radical (unpaired) electrons. The van der Waals surface area contributed by atoms with Crippen molar-refractivity contribution < 1.29 is 21.6 Å². The van der Waals surface area contributed by atoms with Crippen LogP contribution in [0.3, 0.4) is 0 Å². The predicted octanol–water partition coefficient (Wildman–Crippen LogP) is 3.63. The lowest BCUT2D eigenvalue weighted by molar-refractivity contribution is -0.115. The summed E-state index contributed by atoms with van der Waals surface area (Å²) >= 11 is 5.78. The topological polar surface area (TPSA) is 101 Å². The van der Waals surface area contributed by atoms with E-state index in [9.17, 15) is 21.6 Å². The van der Waals surface area contributed by atoms with Crippen molar-refractivity contribution in [3.05, 3.63) is 53.1 Å². The smallest absolute Gasteiger partial charge is 0.243 e. The molecule has 0 saturated carbocycles. The van der Waals surface area contributed by atoms with Crippen LogP contribution in [-0.2, 0) is 24.7 Å². The van der Waals surface area contributed by atoms with E-state index in [4.69, 9.17) is 11.6 Å². The van der Waals surface area contributed by atoms with E-state index in [-0.39, 0.29) is 22.0 Å². The highest BCUT2D eigenvalue weighted by atomic mass is 35.5. The Labute approximate surface area is 188 Å². The van der Waals surface area contributed by atoms with Gasteiger partial charge in [0.25, 0.3) is 0 Å². The molecule has 1 amide bonds. The van der Waals surface area contributed by atoms with E-state index < -0.39 is 25.8 Å². The number of nitrogens with zero attached hydrogens (tertiary/aromatic N) is 1. The number of aryl methyl sites for hydroxylation is 1. The molecule has 1 aliphatic rings. The monoisotopic (exact) mass is 484 g/mol. The fourth-order valence-electron chi connectivity index (χ4n) is 3.35. The molecule has 7 nitrogen and oxygen atoms in total. The van der Waals surface area contributed by atoms with Crippen molar-refractivity contribution in [3.8, 4) is 0 Å². The number of carbonyl (C=O) groups excluding carboxylic acids is 1. The highest BCUT2D eigenvalue weighted by Gasteiger charge is 2.26. The number of carbonyl (C=O) groups is 1. The maximum Gasteiger partial charge on any atom is 0.243 e. The molecule has 0 bridgehead atoms. The number of piperidine rings is 1. The van der Waals surface area contributed by atoms with Crippen molar-refractivity contribution in [3.63, 3.8) is 0 Å². The van der Waals surface area contributed by atoms with E-state index in [0.717, 1.165) is 19.3 Å². The first-order chi connectivity index (χ1) is 14.6. The van der Waals surface area contributed by atoms with Crippen molar-refractivity contribution in [1.82, 2.24) is 4.31 Å². The van der Waals surface area contributed by atoms with Gasteiger partial charge in [-0.1, -0.05) is 24.1 Å². The van der Waals surface area contributed by atoms with Crippen molar-refractivity contribution in [2.45, 2.75) is 42.4 Å². The third kappa shape index (κ3) is 5.85. The molecule has 2 aromatic rings. The third-order valence-electron chi connectivity index (χ3n) is 5.21. The molecule has 1 aliphatic heterocycles. The van der Waals surface area contributed by atoms with Gasteiger partial charge in [0, 0.05) is 30.2 Å². The Morgan fingerprint density at radius 3 is 2.23 bits per heavy atom. The fourth-order valence-corrected chi connectivity index (χ4v) is 6.26. The first kappa shape index (κ1) is 23.7. The summed E-state index contributed by atoms with van der Waals surface area (Å²) in [7, 11) is -7.28. The van der Waals surface area contributed by atoms with Gasteiger partial charge in [-0.3, -0.25) is 4.79 Å². The van der Waals surface area contributed by atoms with E-state index in [1.54, 1.807) is 13.0 Å². The van der Waals surface area contributed by atoms with Crippen LogP contribution < -0.4 is 5.32 Å². The number of hydrogen-bond acceptors (Lipinski definition) is 5. The zero-order valence-corrected chi connectivity index (χ0v) is 19.6. The Morgan fingerprint density at radius 1 is 0.968 bits per heavy atom. The molecule has 31 heavy (non-hydrogen) atoms. The van der Waals surface area contributed by atoms with Crippen molar-refractivity contribution in [2.75, 3.05) is 24.2 Å². The van der Waals surface area contributed by atoms with Gasteiger partial charge in [0.15, 0.2) is 9.84 Å². The summed E-state index contributed by atoms with van der Waals surface area (Å²) in [6.07, 6.45) is 2.42. The van der Waals surface area contributed by atoms with Crippen LogP contribution in [0.2, 0.25) is 5.02 Å². The van der Waals surface area contributed by atoms with Crippen LogP contribution in [0.5, 0.6) is 0 Å². The van der Waals surface area contributed by atoms with Gasteiger partial charge in [-0.25, -0.2) is 16.8 Å². The zero-order chi connectivity index (χ0) is 22.6. The zero-order valence-electron chi connectivity index (χ0n) is 17.2. The van der Waals surface area contributed by atoms with Crippen molar-refractivity contribution in [2.24, 2.45) is 0 Å². The van der Waals surface area contributed by atoms with Crippen LogP contribution in [0.4, 0.5) is 5.69 Å². The lowest BCUT2D eigenvalue weighted by atomic mass is 10.2. The maximum atomic E-state index is 12.9. The van der Waals surface area contributed by atoms with E-state index in [1.165, 1.54) is 40.7 Å². The summed E-state index contributed by atoms with van der Waals surface area (Å²) < 4.78 is 52.1. The van der Waals surface area contributed by atoms with Gasteiger partial charge >= 0.3 is 0 Å². The van der Waals surface area contributed by atoms with Gasteiger partial charge in [-0.05, 0) is 61.7 Å². The molecule has 1 N–H and O–H groups in total. The Kier molecular flexibility index (Phi) is 7.41. The lowest BCUT2D eigenvalue weighted by Crippen LogP contribution is -2.35. The fraction of sp³-hybridized carbons (Fsp3) is 0.381. The summed E-state index contributed by atoms with van der Waals surface area (Å²) in [6.45, 7) is 2.72. The van der Waals surface area contributed by atoms with Gasteiger partial charge < -0.3 is 5.32 Å². The molecule has 0 aliphatic carbocycles. The largest absolute Gasteiger partial charge is 0.326 e. The Bertz CT molecular complexity index is 1160. The molecule has 1 heterocycles. The van der Waals surface area contributed by atoms with Crippen LogP contribution in [0.25, 0.3) is 0 Å². The number of sulfonamides is 1. The minimum Gasteiger partial charge on any atom is -0.326 e. The number of nitrogens with one attached hydrogen (secondary N) is 1. The molecule has 10 heteroatoms. The predicted molar refractivity (Wildman–Crippen MR) is 121 cm³/mol. The standard InChI is InChI=1S/C21H25ClN2O5S2/c1-16-5-8-19(31(28,29)24-12-3-2-4-13-24)15-20(16)23-21(25)11-14-30(26,27)18-9-6-17(22)7-10-18/h5-10,15H,2-4,11-14H2,1H3,(H,23,25). The van der Waals surface area contributed by atoms with Gasteiger partial charge in [-0.2, -0.15) is 4.31 Å². The van der Waals surface area contributed by atoms with Gasteiger partial charge in [0.1, 0.15) is 0 Å². The molecule has 0 atom stereocenters.